The smallest absolute Gasteiger partial charge is 0.416 e. The number of carbonyl (C=O) groups is 1. The van der Waals surface area contributed by atoms with E-state index >= 15 is 0 Å². The van der Waals surface area contributed by atoms with E-state index in [2.05, 4.69) is 17.0 Å². The Morgan fingerprint density at radius 1 is 1.00 bits per heavy atom. The average Bonchev–Trinajstić information content (AvgIpc) is 2.69. The minimum absolute atomic E-state index is 0.0990. The minimum atomic E-state index is -4.43. The Hall–Kier alpha value is -2.34. The van der Waals surface area contributed by atoms with Crippen molar-refractivity contribution in [2.24, 2.45) is 5.92 Å². The van der Waals surface area contributed by atoms with Crippen molar-refractivity contribution in [1.29, 1.82) is 0 Å². The molecular formula is C23H26F3NO2. The zero-order chi connectivity index (χ0) is 21.0. The summed E-state index contributed by atoms with van der Waals surface area (Å²) < 4.78 is 44.1. The Balaban J connectivity index is 1.78. The van der Waals surface area contributed by atoms with E-state index in [1.165, 1.54) is 17.7 Å². The van der Waals surface area contributed by atoms with Crippen molar-refractivity contribution in [2.75, 3.05) is 14.1 Å². The molecule has 2 aromatic rings. The summed E-state index contributed by atoms with van der Waals surface area (Å²) in [5.74, 6) is -0.444. The number of hydrogen-bond acceptors (Lipinski definition) is 3. The molecule has 0 aliphatic heterocycles. The fraction of sp³-hybridized carbons (Fsp3) is 0.435. The molecule has 2 aromatic carbocycles. The van der Waals surface area contributed by atoms with Gasteiger partial charge >= 0.3 is 12.1 Å². The minimum Gasteiger partial charge on any atom is -0.458 e. The van der Waals surface area contributed by atoms with Gasteiger partial charge in [0.15, 0.2) is 0 Å². The van der Waals surface area contributed by atoms with Gasteiger partial charge in [0.1, 0.15) is 6.10 Å². The second-order valence-electron chi connectivity index (χ2n) is 7.79. The van der Waals surface area contributed by atoms with Crippen LogP contribution in [0.2, 0.25) is 0 Å². The van der Waals surface area contributed by atoms with E-state index in [0.717, 1.165) is 37.8 Å². The Labute approximate surface area is 169 Å². The molecule has 0 aromatic heterocycles. The maximum Gasteiger partial charge on any atom is 0.416 e. The first-order valence-corrected chi connectivity index (χ1v) is 9.87. The first-order chi connectivity index (χ1) is 13.8. The van der Waals surface area contributed by atoms with E-state index in [9.17, 15) is 18.0 Å². The number of alkyl halides is 3. The monoisotopic (exact) mass is 405 g/mol. The maximum absolute atomic E-state index is 12.7. The van der Waals surface area contributed by atoms with Crippen LogP contribution in [-0.2, 0) is 10.9 Å². The van der Waals surface area contributed by atoms with Crippen LogP contribution >= 0.6 is 0 Å². The lowest BCUT2D eigenvalue weighted by Gasteiger charge is -2.40. The number of carbonyl (C=O) groups excluding carboxylic acids is 1. The number of nitrogens with zero attached hydrogens (tertiary/aromatic N) is 1. The van der Waals surface area contributed by atoms with E-state index in [1.807, 2.05) is 32.3 Å². The van der Waals surface area contributed by atoms with Crippen molar-refractivity contribution in [3.8, 4) is 0 Å². The van der Waals surface area contributed by atoms with Crippen LogP contribution in [0.3, 0.4) is 0 Å². The molecule has 1 saturated carbocycles. The maximum atomic E-state index is 12.7. The fourth-order valence-electron chi connectivity index (χ4n) is 4.21. The number of ether oxygens (including phenoxy) is 1. The molecule has 6 heteroatoms. The second kappa shape index (κ2) is 8.99. The van der Waals surface area contributed by atoms with Crippen LogP contribution < -0.4 is 0 Å². The van der Waals surface area contributed by atoms with Gasteiger partial charge in [-0.05, 0) is 63.2 Å². The van der Waals surface area contributed by atoms with Crippen LogP contribution in [0.1, 0.15) is 53.2 Å². The normalized spacial score (nSPS) is 21.0. The molecule has 1 aliphatic carbocycles. The lowest BCUT2D eigenvalue weighted by atomic mass is 9.78. The van der Waals surface area contributed by atoms with Crippen molar-refractivity contribution < 1.29 is 22.7 Å². The molecule has 3 nitrogen and oxygen atoms in total. The van der Waals surface area contributed by atoms with Crippen LogP contribution in [0.5, 0.6) is 0 Å². The summed E-state index contributed by atoms with van der Waals surface area (Å²) in [6.45, 7) is 0. The van der Waals surface area contributed by atoms with Gasteiger partial charge in [-0.1, -0.05) is 36.8 Å². The summed E-state index contributed by atoms with van der Waals surface area (Å²) in [5, 5.41) is 0. The zero-order valence-corrected chi connectivity index (χ0v) is 16.7. The van der Waals surface area contributed by atoms with Crippen LogP contribution in [-0.4, -0.2) is 31.1 Å². The Bertz CT molecular complexity index is 803. The molecule has 0 saturated heterocycles. The first-order valence-electron chi connectivity index (χ1n) is 9.87. The highest BCUT2D eigenvalue weighted by molar-refractivity contribution is 5.89. The van der Waals surface area contributed by atoms with E-state index in [4.69, 9.17) is 4.74 Å². The van der Waals surface area contributed by atoms with E-state index in [0.29, 0.717) is 0 Å². The molecule has 1 aliphatic rings. The fourth-order valence-corrected chi connectivity index (χ4v) is 4.21. The quantitative estimate of drug-likeness (QED) is 0.596. The third-order valence-electron chi connectivity index (χ3n) is 5.56. The molecule has 29 heavy (non-hydrogen) atoms. The van der Waals surface area contributed by atoms with Crippen molar-refractivity contribution in [1.82, 2.24) is 4.90 Å². The van der Waals surface area contributed by atoms with Gasteiger partial charge in [0.05, 0.1) is 11.1 Å². The van der Waals surface area contributed by atoms with Crippen LogP contribution in [0.25, 0.3) is 0 Å². The first kappa shape index (κ1) is 21.4. The molecule has 0 radical (unpaired) electrons. The van der Waals surface area contributed by atoms with Gasteiger partial charge in [0.2, 0.25) is 0 Å². The van der Waals surface area contributed by atoms with Gasteiger partial charge < -0.3 is 9.64 Å². The summed E-state index contributed by atoms with van der Waals surface area (Å²) in [7, 11) is 4.03. The number of hydrogen-bond donors (Lipinski definition) is 0. The van der Waals surface area contributed by atoms with Crippen molar-refractivity contribution in [2.45, 2.75) is 44.0 Å². The zero-order valence-electron chi connectivity index (χ0n) is 16.7. The van der Waals surface area contributed by atoms with Gasteiger partial charge in [-0.2, -0.15) is 13.2 Å². The van der Waals surface area contributed by atoms with Gasteiger partial charge in [0, 0.05) is 12.0 Å². The third kappa shape index (κ3) is 5.18. The van der Waals surface area contributed by atoms with E-state index in [-0.39, 0.29) is 23.6 Å². The lowest BCUT2D eigenvalue weighted by molar-refractivity contribution is -0.137. The van der Waals surface area contributed by atoms with Gasteiger partial charge in [-0.25, -0.2) is 4.79 Å². The molecule has 3 unspecified atom stereocenters. The second-order valence-corrected chi connectivity index (χ2v) is 7.79. The Kier molecular flexibility index (Phi) is 6.63. The predicted octanol–water partition coefficient (Wildman–Crippen LogP) is 5.72. The summed E-state index contributed by atoms with van der Waals surface area (Å²) in [6, 6.07) is 14.4. The standard InChI is InChI=1S/C23H26F3NO2/c1-27(2)21(16-8-4-3-5-9-16)19-10-6-7-11-20(19)29-22(28)17-12-14-18(15-13-17)23(24,25)26/h3-5,8-9,12-15,19-21H,6-7,10-11H2,1-2H3. The molecule has 156 valence electrons. The number of benzene rings is 2. The summed E-state index contributed by atoms with van der Waals surface area (Å²) in [5.41, 5.74) is 0.532. The molecule has 0 N–H and O–H groups in total. The highest BCUT2D eigenvalue weighted by atomic mass is 19.4. The molecule has 3 atom stereocenters. The van der Waals surface area contributed by atoms with Gasteiger partial charge in [-0.15, -0.1) is 0 Å². The van der Waals surface area contributed by atoms with Crippen molar-refractivity contribution >= 4 is 5.97 Å². The summed E-state index contributed by atoms with van der Waals surface area (Å²) in [6.07, 6.45) is -0.971. The Morgan fingerprint density at radius 2 is 1.62 bits per heavy atom. The van der Waals surface area contributed by atoms with E-state index < -0.39 is 17.7 Å². The SMILES string of the molecule is CN(C)C(c1ccccc1)C1CCCCC1OC(=O)c1ccc(C(F)(F)F)cc1. The largest absolute Gasteiger partial charge is 0.458 e. The number of esters is 1. The van der Waals surface area contributed by atoms with Crippen LogP contribution in [0, 0.1) is 5.92 Å². The van der Waals surface area contributed by atoms with Crippen molar-refractivity contribution in [3.63, 3.8) is 0 Å². The molecule has 0 bridgehead atoms. The predicted molar refractivity (Wildman–Crippen MR) is 105 cm³/mol. The number of halogens is 3. The summed E-state index contributed by atoms with van der Waals surface area (Å²) >= 11 is 0. The molecule has 0 heterocycles. The van der Waals surface area contributed by atoms with Crippen LogP contribution in [0.4, 0.5) is 13.2 Å². The topological polar surface area (TPSA) is 29.5 Å². The van der Waals surface area contributed by atoms with Gasteiger partial charge in [-0.3, -0.25) is 0 Å². The number of rotatable bonds is 5. The summed E-state index contributed by atoms with van der Waals surface area (Å²) in [4.78, 5) is 14.8. The third-order valence-corrected chi connectivity index (χ3v) is 5.56. The average molecular weight is 405 g/mol. The Morgan fingerprint density at radius 3 is 2.21 bits per heavy atom. The highest BCUT2D eigenvalue weighted by Gasteiger charge is 2.36. The lowest BCUT2D eigenvalue weighted by Crippen LogP contribution is -2.39. The molecular weight excluding hydrogens is 379 g/mol. The van der Waals surface area contributed by atoms with Gasteiger partial charge in [0.25, 0.3) is 0 Å². The van der Waals surface area contributed by atoms with E-state index in [1.54, 1.807) is 0 Å². The molecule has 3 rings (SSSR count). The molecule has 0 spiro atoms. The van der Waals surface area contributed by atoms with Crippen molar-refractivity contribution in [3.05, 3.63) is 71.3 Å². The van der Waals surface area contributed by atoms with Crippen LogP contribution in [0.15, 0.2) is 54.6 Å². The molecule has 0 amide bonds. The molecule has 1 fully saturated rings. The highest BCUT2D eigenvalue weighted by Crippen LogP contribution is 2.39.